The average Bonchev–Trinajstić information content (AvgIpc) is 2.66. The number of nitrogens with one attached hydrogen (secondary N) is 2. The van der Waals surface area contributed by atoms with E-state index in [0.29, 0.717) is 17.1 Å². The number of benzene rings is 2. The Morgan fingerprint density at radius 2 is 1.69 bits per heavy atom. The first-order valence-corrected chi connectivity index (χ1v) is 9.16. The van der Waals surface area contributed by atoms with E-state index in [1.165, 1.54) is 31.2 Å². The largest absolute Gasteiger partial charge is 0.485 e. The minimum Gasteiger partial charge on any atom is -0.485 e. The van der Waals surface area contributed by atoms with Crippen molar-refractivity contribution in [1.29, 1.82) is 0 Å². The van der Waals surface area contributed by atoms with Gasteiger partial charge in [-0.05, 0) is 31.2 Å². The van der Waals surface area contributed by atoms with E-state index < -0.39 is 22.0 Å². The minimum absolute atomic E-state index is 0.0438. The molecule has 2 N–H and O–H groups in total. The first-order chi connectivity index (χ1) is 12.4. The Labute approximate surface area is 150 Å². The number of Topliss-reactive ketones (excluding diaryl/α,β-unsaturated/α-hetero) is 1. The van der Waals surface area contributed by atoms with Crippen LogP contribution >= 0.6 is 0 Å². The van der Waals surface area contributed by atoms with Crippen LogP contribution in [-0.4, -0.2) is 32.8 Å². The second-order valence-corrected chi connectivity index (χ2v) is 7.22. The van der Waals surface area contributed by atoms with Crippen molar-refractivity contribution >= 4 is 21.7 Å². The second-order valence-electron chi connectivity index (χ2n) is 5.54. The Balaban J connectivity index is 1.63. The van der Waals surface area contributed by atoms with Gasteiger partial charge in [-0.3, -0.25) is 15.0 Å². The normalized spacial score (nSPS) is 16.0. The van der Waals surface area contributed by atoms with E-state index in [4.69, 9.17) is 9.47 Å². The van der Waals surface area contributed by atoms with Crippen LogP contribution in [-0.2, 0) is 14.8 Å². The third kappa shape index (κ3) is 3.84. The molecule has 136 valence electrons. The lowest BCUT2D eigenvalue weighted by molar-refractivity contribution is -0.130. The quantitative estimate of drug-likeness (QED) is 0.596. The first-order valence-electron chi connectivity index (χ1n) is 7.68. The van der Waals surface area contributed by atoms with Crippen molar-refractivity contribution in [1.82, 2.24) is 10.3 Å². The van der Waals surface area contributed by atoms with Crippen molar-refractivity contribution in [2.75, 3.05) is 6.61 Å². The molecule has 1 aliphatic heterocycles. The van der Waals surface area contributed by atoms with Gasteiger partial charge in [0, 0.05) is 5.56 Å². The summed E-state index contributed by atoms with van der Waals surface area (Å²) < 4.78 is 35.3. The van der Waals surface area contributed by atoms with Gasteiger partial charge in [0.1, 0.15) is 6.61 Å². The molecule has 0 radical (unpaired) electrons. The van der Waals surface area contributed by atoms with Gasteiger partial charge in [-0.1, -0.05) is 24.3 Å². The zero-order valence-corrected chi connectivity index (χ0v) is 14.6. The van der Waals surface area contributed by atoms with E-state index in [2.05, 4.69) is 5.43 Å². The Hall–Kier alpha value is -2.91. The van der Waals surface area contributed by atoms with Crippen molar-refractivity contribution in [3.8, 4) is 11.5 Å². The Morgan fingerprint density at radius 3 is 2.35 bits per heavy atom. The molecule has 26 heavy (non-hydrogen) atoms. The summed E-state index contributed by atoms with van der Waals surface area (Å²) in [6.07, 6.45) is -0.993. The van der Waals surface area contributed by atoms with Crippen molar-refractivity contribution in [2.45, 2.75) is 17.9 Å². The zero-order valence-electron chi connectivity index (χ0n) is 13.8. The summed E-state index contributed by atoms with van der Waals surface area (Å²) in [7, 11) is -3.99. The Kier molecular flexibility index (Phi) is 4.92. The molecule has 1 aliphatic rings. The molecule has 0 unspecified atom stereocenters. The number of ketones is 1. The van der Waals surface area contributed by atoms with Crippen LogP contribution in [0, 0.1) is 0 Å². The summed E-state index contributed by atoms with van der Waals surface area (Å²) in [4.78, 5) is 25.3. The minimum atomic E-state index is -3.99. The molecule has 1 heterocycles. The highest BCUT2D eigenvalue weighted by Crippen LogP contribution is 2.30. The fraction of sp³-hybridized carbons (Fsp3) is 0.176. The van der Waals surface area contributed by atoms with Crippen molar-refractivity contribution in [2.24, 2.45) is 0 Å². The van der Waals surface area contributed by atoms with Gasteiger partial charge >= 0.3 is 0 Å². The van der Waals surface area contributed by atoms with E-state index in [1.54, 1.807) is 24.3 Å². The average molecular weight is 376 g/mol. The van der Waals surface area contributed by atoms with Crippen molar-refractivity contribution in [3.63, 3.8) is 0 Å². The number of amides is 1. The van der Waals surface area contributed by atoms with E-state index in [9.17, 15) is 18.0 Å². The Bertz CT molecular complexity index is 940. The van der Waals surface area contributed by atoms with Crippen LogP contribution in [0.5, 0.6) is 11.5 Å². The van der Waals surface area contributed by atoms with E-state index in [0.717, 1.165) is 0 Å². The Morgan fingerprint density at radius 1 is 1.04 bits per heavy atom. The highest BCUT2D eigenvalue weighted by molar-refractivity contribution is 7.89. The molecule has 2 aromatic rings. The number of hydrogen-bond donors (Lipinski definition) is 2. The lowest BCUT2D eigenvalue weighted by atomic mass is 10.2. The van der Waals surface area contributed by atoms with Crippen LogP contribution in [0.25, 0.3) is 0 Å². The van der Waals surface area contributed by atoms with Crippen LogP contribution in [0.2, 0.25) is 0 Å². The summed E-state index contributed by atoms with van der Waals surface area (Å²) in [5.41, 5.74) is 2.50. The zero-order chi connectivity index (χ0) is 18.7. The van der Waals surface area contributed by atoms with Gasteiger partial charge in [0.15, 0.2) is 17.3 Å². The lowest BCUT2D eigenvalue weighted by Crippen LogP contribution is -2.50. The number of hydrogen-bond acceptors (Lipinski definition) is 6. The number of para-hydroxylation sites is 2. The molecule has 9 heteroatoms. The van der Waals surface area contributed by atoms with Crippen molar-refractivity contribution < 1.29 is 27.5 Å². The predicted molar refractivity (Wildman–Crippen MR) is 91.3 cm³/mol. The third-order valence-corrected chi connectivity index (χ3v) is 4.94. The molecule has 0 bridgehead atoms. The first kappa shape index (κ1) is 17.9. The molecule has 0 spiro atoms. The molecule has 0 saturated heterocycles. The number of carbonyl (C=O) groups excluding carboxylic acids is 2. The number of hydrazine groups is 1. The lowest BCUT2D eigenvalue weighted by Gasteiger charge is -2.25. The number of ether oxygens (including phenoxy) is 2. The maximum Gasteiger partial charge on any atom is 0.279 e. The number of fused-ring (bicyclic) bond motifs is 1. The van der Waals surface area contributed by atoms with Gasteiger partial charge < -0.3 is 9.47 Å². The van der Waals surface area contributed by atoms with E-state index in [1.807, 2.05) is 4.83 Å². The summed E-state index contributed by atoms with van der Waals surface area (Å²) in [6, 6.07) is 12.2. The van der Waals surface area contributed by atoms with Gasteiger partial charge in [0.2, 0.25) is 6.10 Å². The topological polar surface area (TPSA) is 111 Å². The summed E-state index contributed by atoms with van der Waals surface area (Å²) in [6.45, 7) is 1.34. The van der Waals surface area contributed by atoms with Crippen LogP contribution in [0.3, 0.4) is 0 Å². The smallest absolute Gasteiger partial charge is 0.279 e. The molecular formula is C17H16N2O6S. The van der Waals surface area contributed by atoms with Gasteiger partial charge in [-0.15, -0.1) is 4.83 Å². The third-order valence-electron chi connectivity index (χ3n) is 3.68. The van der Waals surface area contributed by atoms with Gasteiger partial charge in [0.25, 0.3) is 15.9 Å². The number of sulfonamides is 1. The van der Waals surface area contributed by atoms with Crippen LogP contribution < -0.4 is 19.7 Å². The molecule has 8 nitrogen and oxygen atoms in total. The van der Waals surface area contributed by atoms with Gasteiger partial charge in [-0.2, -0.15) is 0 Å². The van der Waals surface area contributed by atoms with Gasteiger partial charge in [0.05, 0.1) is 4.90 Å². The maximum atomic E-state index is 12.2. The molecular weight excluding hydrogens is 360 g/mol. The summed E-state index contributed by atoms with van der Waals surface area (Å²) in [5.74, 6) is 0.0534. The molecule has 0 aromatic heterocycles. The highest BCUT2D eigenvalue weighted by atomic mass is 32.2. The fourth-order valence-electron chi connectivity index (χ4n) is 2.27. The highest BCUT2D eigenvalue weighted by Gasteiger charge is 2.28. The van der Waals surface area contributed by atoms with Crippen LogP contribution in [0.15, 0.2) is 53.4 Å². The van der Waals surface area contributed by atoms with Crippen LogP contribution in [0.1, 0.15) is 17.3 Å². The number of carbonyl (C=O) groups is 2. The van der Waals surface area contributed by atoms with E-state index >= 15 is 0 Å². The second kappa shape index (κ2) is 7.14. The fourth-order valence-corrected chi connectivity index (χ4v) is 3.12. The molecule has 1 amide bonds. The van der Waals surface area contributed by atoms with Gasteiger partial charge in [-0.25, -0.2) is 8.42 Å². The summed E-state index contributed by atoms with van der Waals surface area (Å²) >= 11 is 0. The SMILES string of the molecule is CC(=O)c1ccc(S(=O)(=O)NNC(=O)[C@@H]2COc3ccccc3O2)cc1. The van der Waals surface area contributed by atoms with Crippen LogP contribution in [0.4, 0.5) is 0 Å². The summed E-state index contributed by atoms with van der Waals surface area (Å²) in [5, 5.41) is 0. The molecule has 0 aliphatic carbocycles. The molecule has 0 fully saturated rings. The maximum absolute atomic E-state index is 12.2. The molecule has 1 atom stereocenters. The van der Waals surface area contributed by atoms with Crippen molar-refractivity contribution in [3.05, 3.63) is 54.1 Å². The molecule has 0 saturated carbocycles. The monoisotopic (exact) mass is 376 g/mol. The standard InChI is InChI=1S/C17H16N2O6S/c1-11(20)12-6-8-13(9-7-12)26(22,23)19-18-17(21)16-10-24-14-4-2-3-5-15(14)25-16/h2-9,16,19H,10H2,1H3,(H,18,21)/t16-/m0/s1. The predicted octanol–water partition coefficient (Wildman–Crippen LogP) is 1.04. The molecule has 3 rings (SSSR count). The number of rotatable bonds is 5. The van der Waals surface area contributed by atoms with E-state index in [-0.39, 0.29) is 17.3 Å². The molecule has 2 aromatic carbocycles.